The molecule has 0 radical (unpaired) electrons. The van der Waals surface area contributed by atoms with Crippen LogP contribution in [0.3, 0.4) is 0 Å². The van der Waals surface area contributed by atoms with Gasteiger partial charge in [-0.25, -0.2) is 18.7 Å². The van der Waals surface area contributed by atoms with Gasteiger partial charge in [0, 0.05) is 34.3 Å². The molecule has 1 saturated carbocycles. The predicted octanol–water partition coefficient (Wildman–Crippen LogP) is 3.83. The minimum absolute atomic E-state index is 0.0466. The minimum atomic E-state index is -0.600. The van der Waals surface area contributed by atoms with Crippen LogP contribution in [0.25, 0.3) is 22.3 Å². The lowest BCUT2D eigenvalue weighted by Crippen LogP contribution is -2.42. The molecule has 33 heavy (non-hydrogen) atoms. The number of amides is 1. The van der Waals surface area contributed by atoms with E-state index in [4.69, 9.17) is 11.6 Å². The second-order valence-corrected chi connectivity index (χ2v) is 8.37. The van der Waals surface area contributed by atoms with E-state index in [1.54, 1.807) is 12.3 Å². The number of aromatic nitrogens is 6. The number of hydrogen-bond acceptors (Lipinski definition) is 6. The van der Waals surface area contributed by atoms with Crippen molar-refractivity contribution >= 4 is 34.2 Å². The van der Waals surface area contributed by atoms with E-state index in [2.05, 4.69) is 41.0 Å². The largest absolute Gasteiger partial charge is 0.365 e. The number of fused-ring (bicyclic) bond motifs is 1. The van der Waals surface area contributed by atoms with Gasteiger partial charge in [0.1, 0.15) is 5.82 Å². The molecule has 1 aliphatic rings. The molecule has 1 amide bonds. The second-order valence-electron chi connectivity index (χ2n) is 7.94. The fourth-order valence-electron chi connectivity index (χ4n) is 4.15. The monoisotopic (exact) mass is 472 g/mol. The first-order valence-electron chi connectivity index (χ1n) is 10.4. The zero-order valence-corrected chi connectivity index (χ0v) is 18.0. The topological polar surface area (TPSA) is 124 Å². The summed E-state index contributed by atoms with van der Waals surface area (Å²) in [5.41, 5.74) is 0.998. The van der Waals surface area contributed by atoms with Crippen LogP contribution in [-0.4, -0.2) is 48.4 Å². The molecule has 2 atom stereocenters. The first-order chi connectivity index (χ1) is 16.0. The molecule has 3 aromatic heterocycles. The summed E-state index contributed by atoms with van der Waals surface area (Å²) >= 11 is 6.00. The molecular formula is C21H19ClF2N8O. The van der Waals surface area contributed by atoms with E-state index in [1.807, 2.05) is 0 Å². The SMILES string of the molecule is O=C(N[C@@H]1CCC[C@H](Nc2nc(-c3c[nH]c4c(F)cc(Cl)cc34)ncc2F)C1)c1cn[nH]n1. The molecule has 0 saturated heterocycles. The molecular weight excluding hydrogens is 454 g/mol. The van der Waals surface area contributed by atoms with Gasteiger partial charge in [0.15, 0.2) is 23.2 Å². The Labute approximate surface area is 191 Å². The van der Waals surface area contributed by atoms with Gasteiger partial charge >= 0.3 is 0 Å². The lowest BCUT2D eigenvalue weighted by Gasteiger charge is -2.30. The minimum Gasteiger partial charge on any atom is -0.365 e. The molecule has 3 heterocycles. The number of hydrogen-bond donors (Lipinski definition) is 4. The van der Waals surface area contributed by atoms with Crippen LogP contribution in [0.2, 0.25) is 5.02 Å². The number of carbonyl (C=O) groups is 1. The highest BCUT2D eigenvalue weighted by Crippen LogP contribution is 2.31. The van der Waals surface area contributed by atoms with Gasteiger partial charge in [-0.2, -0.15) is 15.4 Å². The third-order valence-electron chi connectivity index (χ3n) is 5.69. The molecule has 12 heteroatoms. The van der Waals surface area contributed by atoms with Gasteiger partial charge in [-0.1, -0.05) is 11.6 Å². The van der Waals surface area contributed by atoms with Crippen LogP contribution in [-0.2, 0) is 0 Å². The van der Waals surface area contributed by atoms with Gasteiger partial charge < -0.3 is 15.6 Å². The van der Waals surface area contributed by atoms with Gasteiger partial charge in [-0.15, -0.1) is 0 Å². The zero-order valence-electron chi connectivity index (χ0n) is 17.2. The molecule has 5 rings (SSSR count). The van der Waals surface area contributed by atoms with Gasteiger partial charge in [0.05, 0.1) is 17.9 Å². The third kappa shape index (κ3) is 4.36. The number of nitrogens with zero attached hydrogens (tertiary/aromatic N) is 4. The normalized spacial score (nSPS) is 18.4. The standard InChI is InChI=1S/C21H19ClF2N8O/c22-10-4-13-14(7-25-18(13)15(23)5-10)19-26-8-16(24)20(30-19)28-11-2-1-3-12(6-11)29-21(33)17-9-27-32-31-17/h4-5,7-9,11-12,25H,1-3,6H2,(H,29,33)(H,26,28,30)(H,27,31,32)/t11-,12+/m0/s1. The highest BCUT2D eigenvalue weighted by molar-refractivity contribution is 6.31. The van der Waals surface area contributed by atoms with Crippen LogP contribution in [0, 0.1) is 11.6 Å². The molecule has 170 valence electrons. The van der Waals surface area contributed by atoms with Crippen LogP contribution < -0.4 is 10.6 Å². The Morgan fingerprint density at radius 1 is 1.15 bits per heavy atom. The highest BCUT2D eigenvalue weighted by atomic mass is 35.5. The number of halogens is 3. The summed E-state index contributed by atoms with van der Waals surface area (Å²) in [5, 5.41) is 16.6. The number of anilines is 1. The Morgan fingerprint density at radius 2 is 2.00 bits per heavy atom. The Bertz CT molecular complexity index is 1310. The average Bonchev–Trinajstić information content (AvgIpc) is 3.46. The number of aromatic amines is 2. The Balaban J connectivity index is 1.34. The van der Waals surface area contributed by atoms with Crippen molar-refractivity contribution in [2.24, 2.45) is 0 Å². The fourth-order valence-corrected chi connectivity index (χ4v) is 4.36. The fraction of sp³-hybridized carbons (Fsp3) is 0.286. The molecule has 0 aliphatic heterocycles. The Hall–Kier alpha value is -3.60. The lowest BCUT2D eigenvalue weighted by atomic mass is 9.91. The van der Waals surface area contributed by atoms with E-state index in [9.17, 15) is 13.6 Å². The highest BCUT2D eigenvalue weighted by Gasteiger charge is 2.26. The molecule has 4 N–H and O–H groups in total. The molecule has 4 aromatic rings. The van der Waals surface area contributed by atoms with Crippen LogP contribution >= 0.6 is 11.6 Å². The molecule has 1 aromatic carbocycles. The maximum absolute atomic E-state index is 14.5. The van der Waals surface area contributed by atoms with Crippen molar-refractivity contribution in [1.29, 1.82) is 0 Å². The molecule has 0 unspecified atom stereocenters. The number of H-pyrrole nitrogens is 2. The van der Waals surface area contributed by atoms with Crippen molar-refractivity contribution in [1.82, 2.24) is 35.7 Å². The van der Waals surface area contributed by atoms with E-state index < -0.39 is 11.6 Å². The summed E-state index contributed by atoms with van der Waals surface area (Å²) in [6.07, 6.45) is 7.05. The summed E-state index contributed by atoms with van der Waals surface area (Å²) in [6, 6.07) is 2.62. The lowest BCUT2D eigenvalue weighted by molar-refractivity contribution is 0.0921. The van der Waals surface area contributed by atoms with Crippen molar-refractivity contribution in [3.8, 4) is 11.4 Å². The number of benzene rings is 1. The quantitative estimate of drug-likeness (QED) is 0.350. The number of carbonyl (C=O) groups excluding carboxylic acids is 1. The van der Waals surface area contributed by atoms with Gasteiger partial charge in [-0.3, -0.25) is 4.79 Å². The van der Waals surface area contributed by atoms with Crippen LogP contribution in [0.1, 0.15) is 36.2 Å². The van der Waals surface area contributed by atoms with Crippen LogP contribution in [0.4, 0.5) is 14.6 Å². The van der Waals surface area contributed by atoms with Crippen molar-refractivity contribution in [2.45, 2.75) is 37.8 Å². The Kier molecular flexibility index (Phi) is 5.63. The number of rotatable bonds is 5. The molecule has 1 fully saturated rings. The maximum atomic E-state index is 14.5. The number of nitrogens with one attached hydrogen (secondary N) is 4. The van der Waals surface area contributed by atoms with Crippen molar-refractivity contribution in [2.75, 3.05) is 5.32 Å². The first-order valence-corrected chi connectivity index (χ1v) is 10.8. The molecule has 0 bridgehead atoms. The van der Waals surface area contributed by atoms with Crippen molar-refractivity contribution in [3.05, 3.63) is 53.1 Å². The van der Waals surface area contributed by atoms with Crippen LogP contribution in [0.15, 0.2) is 30.7 Å². The van der Waals surface area contributed by atoms with E-state index in [1.165, 1.54) is 12.3 Å². The maximum Gasteiger partial charge on any atom is 0.273 e. The van der Waals surface area contributed by atoms with E-state index in [-0.39, 0.29) is 45.9 Å². The van der Waals surface area contributed by atoms with Gasteiger partial charge in [0.2, 0.25) is 0 Å². The summed E-state index contributed by atoms with van der Waals surface area (Å²) in [5.74, 6) is -1.12. The van der Waals surface area contributed by atoms with E-state index in [0.717, 1.165) is 25.5 Å². The molecule has 9 nitrogen and oxygen atoms in total. The van der Waals surface area contributed by atoms with Gasteiger partial charge in [-0.05, 0) is 37.8 Å². The molecule has 1 aliphatic carbocycles. The smallest absolute Gasteiger partial charge is 0.273 e. The summed E-state index contributed by atoms with van der Waals surface area (Å²) in [6.45, 7) is 0. The van der Waals surface area contributed by atoms with E-state index in [0.29, 0.717) is 17.4 Å². The second kappa shape index (κ2) is 8.74. The predicted molar refractivity (Wildman–Crippen MR) is 118 cm³/mol. The Morgan fingerprint density at radius 3 is 2.82 bits per heavy atom. The average molecular weight is 473 g/mol. The van der Waals surface area contributed by atoms with Crippen molar-refractivity contribution in [3.63, 3.8) is 0 Å². The van der Waals surface area contributed by atoms with E-state index >= 15 is 0 Å². The first kappa shape index (κ1) is 21.3. The summed E-state index contributed by atoms with van der Waals surface area (Å²) < 4.78 is 28.7. The van der Waals surface area contributed by atoms with Crippen molar-refractivity contribution < 1.29 is 13.6 Å². The molecule has 0 spiro atoms. The third-order valence-corrected chi connectivity index (χ3v) is 5.91. The van der Waals surface area contributed by atoms with Gasteiger partial charge in [0.25, 0.3) is 5.91 Å². The zero-order chi connectivity index (χ0) is 22.9. The summed E-state index contributed by atoms with van der Waals surface area (Å²) in [4.78, 5) is 23.5. The van der Waals surface area contributed by atoms with Crippen LogP contribution in [0.5, 0.6) is 0 Å². The summed E-state index contributed by atoms with van der Waals surface area (Å²) in [7, 11) is 0.